The predicted molar refractivity (Wildman–Crippen MR) is 112 cm³/mol. The van der Waals surface area contributed by atoms with Crippen molar-refractivity contribution in [2.45, 2.75) is 19.3 Å². The minimum absolute atomic E-state index is 0.200. The molecule has 0 aliphatic carbocycles. The van der Waals surface area contributed by atoms with Gasteiger partial charge in [0, 0.05) is 29.4 Å². The van der Waals surface area contributed by atoms with Crippen LogP contribution >= 0.6 is 11.6 Å². The molecule has 0 aromatic heterocycles. The van der Waals surface area contributed by atoms with Crippen molar-refractivity contribution >= 4 is 46.6 Å². The molecule has 30 heavy (non-hydrogen) atoms. The molecule has 2 aliphatic heterocycles. The lowest BCUT2D eigenvalue weighted by molar-refractivity contribution is -0.129. The van der Waals surface area contributed by atoms with Gasteiger partial charge in [0.05, 0.1) is 5.92 Å². The van der Waals surface area contributed by atoms with Crippen LogP contribution < -0.4 is 15.5 Å². The second-order valence-corrected chi connectivity index (χ2v) is 7.95. The Labute approximate surface area is 178 Å². The lowest BCUT2D eigenvalue weighted by Gasteiger charge is -2.17. The van der Waals surface area contributed by atoms with Crippen molar-refractivity contribution in [2.24, 2.45) is 11.8 Å². The van der Waals surface area contributed by atoms with Gasteiger partial charge in [-0.15, -0.1) is 0 Å². The first-order valence-corrected chi connectivity index (χ1v) is 10.1. The zero-order valence-electron chi connectivity index (χ0n) is 16.1. The summed E-state index contributed by atoms with van der Waals surface area (Å²) in [6, 6.07) is 14.0. The van der Waals surface area contributed by atoms with E-state index in [4.69, 9.17) is 11.6 Å². The summed E-state index contributed by atoms with van der Waals surface area (Å²) in [6.45, 7) is 0.472. The van der Waals surface area contributed by atoms with Gasteiger partial charge in [0.15, 0.2) is 0 Å². The summed E-state index contributed by atoms with van der Waals surface area (Å²) >= 11 is 5.89. The molecule has 2 atom stereocenters. The summed E-state index contributed by atoms with van der Waals surface area (Å²) in [6.07, 6.45) is 1.10. The maximum absolute atomic E-state index is 12.7. The number of amides is 4. The maximum Gasteiger partial charge on any atom is 0.239 e. The fraction of sp³-hybridized carbons (Fsp3) is 0.273. The number of hydrogen-bond acceptors (Lipinski definition) is 4. The molecule has 4 rings (SSSR count). The van der Waals surface area contributed by atoms with E-state index in [1.807, 2.05) is 12.1 Å². The van der Waals surface area contributed by atoms with Crippen LogP contribution in [0.1, 0.15) is 18.4 Å². The highest BCUT2D eigenvalue weighted by Crippen LogP contribution is 2.27. The van der Waals surface area contributed by atoms with Gasteiger partial charge in [-0.3, -0.25) is 24.5 Å². The van der Waals surface area contributed by atoms with Gasteiger partial charge in [-0.25, -0.2) is 0 Å². The molecule has 0 spiro atoms. The lowest BCUT2D eigenvalue weighted by atomic mass is 9.98. The fourth-order valence-corrected chi connectivity index (χ4v) is 3.94. The molecule has 154 valence electrons. The molecule has 2 N–H and O–H groups in total. The number of hydrogen-bond donors (Lipinski definition) is 2. The molecule has 7 nitrogen and oxygen atoms in total. The Hall–Kier alpha value is -3.19. The van der Waals surface area contributed by atoms with E-state index >= 15 is 0 Å². The van der Waals surface area contributed by atoms with Gasteiger partial charge in [-0.05, 0) is 54.8 Å². The Bertz CT molecular complexity index is 1000. The summed E-state index contributed by atoms with van der Waals surface area (Å²) in [5.41, 5.74) is 2.20. The van der Waals surface area contributed by atoms with Gasteiger partial charge < -0.3 is 10.2 Å². The fourth-order valence-electron chi connectivity index (χ4n) is 3.81. The lowest BCUT2D eigenvalue weighted by Crippen LogP contribution is -2.33. The highest BCUT2D eigenvalue weighted by Gasteiger charge is 2.37. The number of carbonyl (C=O) groups excluding carboxylic acids is 4. The Morgan fingerprint density at radius 1 is 1.07 bits per heavy atom. The summed E-state index contributed by atoms with van der Waals surface area (Å²) in [5, 5.41) is 5.68. The van der Waals surface area contributed by atoms with Crippen LogP contribution in [0, 0.1) is 11.8 Å². The molecule has 2 heterocycles. The van der Waals surface area contributed by atoms with E-state index in [1.54, 1.807) is 41.3 Å². The van der Waals surface area contributed by atoms with Crippen LogP contribution in [0.15, 0.2) is 48.5 Å². The van der Waals surface area contributed by atoms with Gasteiger partial charge in [0.1, 0.15) is 5.92 Å². The molecule has 2 aromatic carbocycles. The third kappa shape index (κ3) is 4.21. The monoisotopic (exact) mass is 425 g/mol. The molecule has 0 bridgehead atoms. The smallest absolute Gasteiger partial charge is 0.239 e. The number of anilines is 2. The van der Waals surface area contributed by atoms with Crippen molar-refractivity contribution in [3.63, 3.8) is 0 Å². The van der Waals surface area contributed by atoms with Crippen LogP contribution in [-0.4, -0.2) is 30.2 Å². The number of imide groups is 1. The number of nitrogens with zero attached hydrogens (tertiary/aromatic N) is 1. The zero-order chi connectivity index (χ0) is 21.3. The molecule has 2 aliphatic rings. The van der Waals surface area contributed by atoms with E-state index < -0.39 is 5.92 Å². The van der Waals surface area contributed by atoms with Crippen LogP contribution in [0.25, 0.3) is 0 Å². The molecule has 8 heteroatoms. The molecular weight excluding hydrogens is 406 g/mol. The third-order valence-electron chi connectivity index (χ3n) is 5.43. The van der Waals surface area contributed by atoms with Crippen LogP contribution in [0.2, 0.25) is 5.02 Å². The van der Waals surface area contributed by atoms with E-state index in [0.29, 0.717) is 30.1 Å². The third-order valence-corrected chi connectivity index (χ3v) is 5.68. The first kappa shape index (κ1) is 20.1. The topological polar surface area (TPSA) is 95.6 Å². The summed E-state index contributed by atoms with van der Waals surface area (Å²) in [5.74, 6) is -2.17. The highest BCUT2D eigenvalue weighted by molar-refractivity contribution is 6.30. The van der Waals surface area contributed by atoms with Crippen LogP contribution in [0.5, 0.6) is 0 Å². The molecule has 0 radical (unpaired) electrons. The number of benzene rings is 2. The summed E-state index contributed by atoms with van der Waals surface area (Å²) in [4.78, 5) is 49.9. The average molecular weight is 426 g/mol. The number of carbonyl (C=O) groups is 4. The van der Waals surface area contributed by atoms with Crippen LogP contribution in [-0.2, 0) is 25.6 Å². The van der Waals surface area contributed by atoms with Crippen molar-refractivity contribution < 1.29 is 19.2 Å². The molecule has 2 saturated heterocycles. The molecular formula is C22H20ClN3O4. The van der Waals surface area contributed by atoms with Crippen LogP contribution in [0.4, 0.5) is 11.4 Å². The minimum atomic E-state index is -0.742. The Balaban J connectivity index is 1.36. The van der Waals surface area contributed by atoms with Gasteiger partial charge in [0.25, 0.3) is 0 Å². The minimum Gasteiger partial charge on any atom is -0.325 e. The largest absolute Gasteiger partial charge is 0.325 e. The molecule has 0 saturated carbocycles. The Kier molecular flexibility index (Phi) is 5.55. The van der Waals surface area contributed by atoms with Crippen molar-refractivity contribution in [1.82, 2.24) is 5.32 Å². The van der Waals surface area contributed by atoms with Crippen molar-refractivity contribution in [1.29, 1.82) is 0 Å². The van der Waals surface area contributed by atoms with E-state index in [1.165, 1.54) is 0 Å². The van der Waals surface area contributed by atoms with Gasteiger partial charge >= 0.3 is 0 Å². The standard InChI is InChI=1S/C22H20ClN3O4/c23-15-3-7-17(8-4-15)26-10-9-18(22(26)30)21(29)24-16-5-1-13(2-6-16)11-14-12-19(27)25-20(14)28/h1-8,14,18H,9-12H2,(H,24,29)(H,25,27,28)/t14-,18-/m0/s1. The zero-order valence-corrected chi connectivity index (χ0v) is 16.8. The van der Waals surface area contributed by atoms with Crippen molar-refractivity contribution in [3.05, 3.63) is 59.1 Å². The molecule has 2 aromatic rings. The number of halogens is 1. The van der Waals surface area contributed by atoms with Gasteiger partial charge in [0.2, 0.25) is 23.6 Å². The highest BCUT2D eigenvalue weighted by atomic mass is 35.5. The summed E-state index contributed by atoms with van der Waals surface area (Å²) in [7, 11) is 0. The normalized spacial score (nSPS) is 21.1. The molecule has 2 fully saturated rings. The second-order valence-electron chi connectivity index (χ2n) is 7.51. The maximum atomic E-state index is 12.7. The van der Waals surface area contributed by atoms with E-state index in [0.717, 1.165) is 11.3 Å². The van der Waals surface area contributed by atoms with Crippen molar-refractivity contribution in [2.75, 3.05) is 16.8 Å². The quantitative estimate of drug-likeness (QED) is 0.568. The molecule has 4 amide bonds. The second kappa shape index (κ2) is 8.28. The molecule has 0 unspecified atom stereocenters. The number of nitrogens with one attached hydrogen (secondary N) is 2. The Morgan fingerprint density at radius 3 is 2.40 bits per heavy atom. The first-order valence-electron chi connectivity index (χ1n) is 9.71. The summed E-state index contributed by atoms with van der Waals surface area (Å²) < 4.78 is 0. The first-order chi connectivity index (χ1) is 14.4. The van der Waals surface area contributed by atoms with Gasteiger partial charge in [-0.1, -0.05) is 23.7 Å². The SMILES string of the molecule is O=C1C[C@H](Cc2ccc(NC(=O)[C@@H]3CCN(c4ccc(Cl)cc4)C3=O)cc2)C(=O)N1. The Morgan fingerprint density at radius 2 is 1.77 bits per heavy atom. The van der Waals surface area contributed by atoms with E-state index in [-0.39, 0.29) is 36.0 Å². The van der Waals surface area contributed by atoms with Crippen molar-refractivity contribution in [3.8, 4) is 0 Å². The van der Waals surface area contributed by atoms with Crippen LogP contribution in [0.3, 0.4) is 0 Å². The average Bonchev–Trinajstić information content (AvgIpc) is 3.25. The predicted octanol–water partition coefficient (Wildman–Crippen LogP) is 2.54. The van der Waals surface area contributed by atoms with E-state index in [2.05, 4.69) is 10.6 Å². The van der Waals surface area contributed by atoms with E-state index in [9.17, 15) is 19.2 Å². The van der Waals surface area contributed by atoms with Gasteiger partial charge in [-0.2, -0.15) is 0 Å². The number of rotatable bonds is 5.